The van der Waals surface area contributed by atoms with Crippen molar-refractivity contribution in [2.45, 2.75) is 43.5 Å². The van der Waals surface area contributed by atoms with Crippen molar-refractivity contribution in [3.05, 3.63) is 39.8 Å². The van der Waals surface area contributed by atoms with Gasteiger partial charge in [0.2, 0.25) is 0 Å². The standard InChI is InChI=1S/C5H5.C4H4N.8CH3.2ClH.H2Si.Zr/c2*1-2-4-5-3-1;;;;;;;;;;;;/h1-3H,4H2;1-3,5H;8*1H3;2*1H;1H2;. The van der Waals surface area contributed by atoms with Gasteiger partial charge in [-0.15, -0.1) is 24.8 Å². The van der Waals surface area contributed by atoms with Crippen LogP contribution in [0.1, 0.15) is 6.42 Å². The Labute approximate surface area is 131 Å². The third-order valence-corrected chi connectivity index (χ3v) is 40.1. The van der Waals surface area contributed by atoms with Gasteiger partial charge in [0.1, 0.15) is 0 Å². The van der Waals surface area contributed by atoms with E-state index in [1.54, 1.807) is 0 Å². The summed E-state index contributed by atoms with van der Waals surface area (Å²) >= 11 is 0. The third-order valence-electron chi connectivity index (χ3n) is 6.81. The second-order valence-corrected chi connectivity index (χ2v) is 169. The molecule has 2 rings (SSSR count). The molecule has 0 fully saturated rings. The van der Waals surface area contributed by atoms with Crippen molar-refractivity contribution < 1.29 is 8.49 Å². The van der Waals surface area contributed by atoms with Gasteiger partial charge in [0.05, 0.1) is 0 Å². The second-order valence-electron chi connectivity index (χ2n) is 23.7. The van der Waals surface area contributed by atoms with Gasteiger partial charge in [0.15, 0.2) is 0 Å². The number of aromatic nitrogens is 1. The SMILES string of the molecule is Cl.Cl.[CH3][Zr]([CH3])([CH3])([CH3])([CH3])([CH3])([CH3])([CH3])(=[SiH2])([C]1=CC=CC1)[c]1ccc[nH]1. The molecule has 1 aromatic heterocycles. The average molecular weight is 446 g/mol. The number of aromatic amines is 1. The normalized spacial score (nSPS) is 30.4. The number of hydrogen-bond acceptors (Lipinski definition) is 0. The van der Waals surface area contributed by atoms with Crippen LogP contribution in [0.15, 0.2) is 39.8 Å². The fourth-order valence-corrected chi connectivity index (χ4v) is 24.2. The van der Waals surface area contributed by atoms with Gasteiger partial charge in [0, 0.05) is 0 Å². The van der Waals surface area contributed by atoms with Gasteiger partial charge in [-0.25, -0.2) is 0 Å². The first-order valence-electron chi connectivity index (χ1n) is 8.06. The maximum absolute atomic E-state index is 6.03. The molecule has 0 saturated carbocycles. The molecule has 22 heavy (non-hydrogen) atoms. The monoisotopic (exact) mass is 443 g/mol. The van der Waals surface area contributed by atoms with Gasteiger partial charge in [-0.2, -0.15) is 0 Å². The van der Waals surface area contributed by atoms with Crippen LogP contribution in [0.25, 0.3) is 0 Å². The third kappa shape index (κ3) is 2.61. The number of halogens is 2. The van der Waals surface area contributed by atoms with Gasteiger partial charge in [0.25, 0.3) is 0 Å². The number of H-pyrrole nitrogens is 1. The summed E-state index contributed by atoms with van der Waals surface area (Å²) in [4.78, 5) is 3.63. The van der Waals surface area contributed by atoms with Crippen molar-refractivity contribution in [2.75, 3.05) is 0 Å². The van der Waals surface area contributed by atoms with E-state index in [1.807, 2.05) is 0 Å². The van der Waals surface area contributed by atoms with Gasteiger partial charge < -0.3 is 0 Å². The first-order valence-corrected chi connectivity index (χ1v) is 36.1. The van der Waals surface area contributed by atoms with Crippen molar-refractivity contribution in [1.82, 2.24) is 4.98 Å². The summed E-state index contributed by atoms with van der Waals surface area (Å²) in [5.74, 6) is 0. The van der Waals surface area contributed by atoms with E-state index in [1.165, 1.54) is 6.68 Å². The van der Waals surface area contributed by atoms with Crippen molar-refractivity contribution >= 4 is 35.1 Å². The number of allylic oxidation sites excluding steroid dienone is 4. The molecule has 0 radical (unpaired) electrons. The Bertz CT molecular complexity index is 1010. The minimum atomic E-state index is -6.03. The molecule has 1 aromatic rings. The van der Waals surface area contributed by atoms with Gasteiger partial charge in [-0.05, 0) is 0 Å². The molecule has 0 atom stereocenters. The van der Waals surface area contributed by atoms with Gasteiger partial charge in [-0.3, -0.25) is 0 Å². The molecule has 1 heterocycles. The Morgan fingerprint density at radius 1 is 0.955 bits per heavy atom. The maximum atomic E-state index is 3.63. The summed E-state index contributed by atoms with van der Waals surface area (Å²) in [6.45, 7) is 2.23. The van der Waals surface area contributed by atoms with Crippen LogP contribution < -0.4 is 3.40 Å². The van der Waals surface area contributed by atoms with Crippen LogP contribution in [0, 0.1) is 0 Å². The van der Waals surface area contributed by atoms with Crippen LogP contribution in [0.4, 0.5) is 0 Å². The van der Waals surface area contributed by atoms with E-state index >= 15 is 0 Å². The van der Waals surface area contributed by atoms with Crippen molar-refractivity contribution in [2.24, 2.45) is 0 Å². The van der Waals surface area contributed by atoms with Crippen LogP contribution in [0.5, 0.6) is 0 Å². The van der Waals surface area contributed by atoms with Crippen LogP contribution >= 0.6 is 24.8 Å². The average Bonchev–Trinajstić information content (AvgIpc) is 2.74. The van der Waals surface area contributed by atoms with E-state index in [0.29, 0.717) is 0 Å². The molecule has 132 valence electrons. The number of rotatable bonds is 2. The first kappa shape index (κ1) is 22.4. The molecule has 0 saturated heterocycles. The molecule has 5 heteroatoms. The molecular weight excluding hydrogens is 408 g/mol. The summed E-state index contributed by atoms with van der Waals surface area (Å²) in [6, 6.07) is 4.41. The van der Waals surface area contributed by atoms with Crippen molar-refractivity contribution in [1.29, 1.82) is 0 Å². The number of nitrogens with one attached hydrogen (secondary N) is 1. The predicted molar refractivity (Wildman–Crippen MR) is 112 cm³/mol. The van der Waals surface area contributed by atoms with E-state index in [9.17, 15) is 0 Å². The molecule has 0 unspecified atom stereocenters. The molecule has 1 N–H and O–H groups in total. The Balaban J connectivity index is 0.00000220. The fraction of sp³-hybridized carbons (Fsp3) is 0.529. The van der Waals surface area contributed by atoms with E-state index in [4.69, 9.17) is 0 Å². The molecule has 0 bridgehead atoms. The zero-order chi connectivity index (χ0) is 16.1. The molecule has 1 aliphatic carbocycles. The predicted octanol–water partition coefficient (Wildman–Crippen LogP) is 6.16. The van der Waals surface area contributed by atoms with Crippen LogP contribution in [-0.4, -0.2) is 11.9 Å². The van der Waals surface area contributed by atoms with E-state index in [-0.39, 0.29) is 24.8 Å². The van der Waals surface area contributed by atoms with Gasteiger partial charge >= 0.3 is 107 Å². The molecule has 1 aliphatic rings. The van der Waals surface area contributed by atoms with Crippen LogP contribution in [0.2, 0.25) is 37.1 Å². The Kier molecular flexibility index (Phi) is 1.89. The zero-order valence-corrected chi connectivity index (χ0v) is 21.2. The van der Waals surface area contributed by atoms with Gasteiger partial charge in [-0.1, -0.05) is 0 Å². The molecule has 0 aromatic carbocycles. The van der Waals surface area contributed by atoms with Crippen LogP contribution in [0.3, 0.4) is 0 Å². The first-order chi connectivity index (χ1) is 7.69. The minimum absolute atomic E-state index is 0. The molecule has 0 aliphatic heterocycles. The zero-order valence-electron chi connectivity index (χ0n) is 15.7. The quantitative estimate of drug-likeness (QED) is 0.524. The fourth-order valence-electron chi connectivity index (χ4n) is 4.09. The van der Waals surface area contributed by atoms with Crippen molar-refractivity contribution in [3.63, 3.8) is 0 Å². The topological polar surface area (TPSA) is 15.8 Å². The molecule has 0 amide bonds. The Morgan fingerprint density at radius 2 is 1.45 bits per heavy atom. The summed E-state index contributed by atoms with van der Waals surface area (Å²) in [6.07, 6.45) is 9.91. The number of hydrogen-bond donors (Lipinski definition) is 1. The van der Waals surface area contributed by atoms with Crippen molar-refractivity contribution in [3.8, 4) is 0 Å². The summed E-state index contributed by atoms with van der Waals surface area (Å²) in [7, 11) is -6.03. The molecule has 0 spiro atoms. The Morgan fingerprint density at radius 3 is 1.77 bits per heavy atom. The second kappa shape index (κ2) is 1.86. The molecular formula is C17H37Cl2NSiZr. The van der Waals surface area contributed by atoms with E-state index in [0.717, 1.165) is 6.42 Å². The summed E-state index contributed by atoms with van der Waals surface area (Å²) in [5, 5.41) is 0. The summed E-state index contributed by atoms with van der Waals surface area (Å²) in [5.41, 5.74) is 0. The summed E-state index contributed by atoms with van der Waals surface area (Å²) < 4.78 is 23.2. The van der Waals surface area contributed by atoms with Crippen LogP contribution in [-0.2, 0) is 8.49 Å². The van der Waals surface area contributed by atoms with E-state index in [2.05, 4.69) is 85.5 Å². The van der Waals surface area contributed by atoms with E-state index < -0.39 is 8.49 Å². The molecule has 1 nitrogen and oxygen atoms in total. The Hall–Kier alpha value is 0.440.